The summed E-state index contributed by atoms with van der Waals surface area (Å²) in [7, 11) is 0. The minimum absolute atomic E-state index is 0.219. The molecule has 1 saturated heterocycles. The van der Waals surface area contributed by atoms with Crippen molar-refractivity contribution in [1.82, 2.24) is 10.2 Å². The van der Waals surface area contributed by atoms with Crippen LogP contribution >= 0.6 is 0 Å². The first-order chi connectivity index (χ1) is 11.6. The number of nitrogens with zero attached hydrogens (tertiary/aromatic N) is 1. The monoisotopic (exact) mass is 334 g/mol. The Morgan fingerprint density at radius 1 is 1.21 bits per heavy atom. The summed E-state index contributed by atoms with van der Waals surface area (Å²) in [4.78, 5) is 14.3. The van der Waals surface area contributed by atoms with E-state index in [1.165, 1.54) is 25.3 Å². The molecule has 2 fully saturated rings. The number of hydrogen-bond acceptors (Lipinski definition) is 3. The standard InChI is InChI=1S/C19H27FN2O2/c20-17-10-5-4-7-15(17)13-22-12-6-11-19(24,18(22)23)14-21-16-8-2-1-3-9-16/h4-5,7,10,16,21,24H,1-3,6,8-9,11-14H2/t19-/m1/s1. The summed E-state index contributed by atoms with van der Waals surface area (Å²) in [5, 5.41) is 14.2. The number of hydrogen-bond donors (Lipinski definition) is 2. The van der Waals surface area contributed by atoms with Gasteiger partial charge in [-0.1, -0.05) is 37.5 Å². The minimum Gasteiger partial charge on any atom is -0.379 e. The second-order valence-electron chi connectivity index (χ2n) is 7.17. The highest BCUT2D eigenvalue weighted by molar-refractivity contribution is 5.86. The number of carbonyl (C=O) groups excluding carboxylic acids is 1. The fourth-order valence-corrected chi connectivity index (χ4v) is 3.83. The third kappa shape index (κ3) is 3.95. The van der Waals surface area contributed by atoms with Crippen LogP contribution in [0.25, 0.3) is 0 Å². The number of benzene rings is 1. The molecule has 1 amide bonds. The van der Waals surface area contributed by atoms with Crippen molar-refractivity contribution in [2.24, 2.45) is 0 Å². The van der Waals surface area contributed by atoms with Crippen LogP contribution in [-0.2, 0) is 11.3 Å². The number of piperidine rings is 1. The zero-order chi connectivity index (χ0) is 17.0. The molecule has 2 N–H and O–H groups in total. The molecule has 24 heavy (non-hydrogen) atoms. The van der Waals surface area contributed by atoms with Gasteiger partial charge in [0.2, 0.25) is 0 Å². The van der Waals surface area contributed by atoms with Crippen LogP contribution in [-0.4, -0.2) is 40.6 Å². The molecular weight excluding hydrogens is 307 g/mol. The van der Waals surface area contributed by atoms with Crippen molar-refractivity contribution in [3.63, 3.8) is 0 Å². The molecule has 4 nitrogen and oxygen atoms in total. The van der Waals surface area contributed by atoms with Gasteiger partial charge in [-0.3, -0.25) is 4.79 Å². The first-order valence-corrected chi connectivity index (χ1v) is 9.07. The van der Waals surface area contributed by atoms with Crippen LogP contribution in [0.3, 0.4) is 0 Å². The van der Waals surface area contributed by atoms with E-state index in [-0.39, 0.29) is 18.3 Å². The smallest absolute Gasteiger partial charge is 0.256 e. The van der Waals surface area contributed by atoms with Crippen molar-refractivity contribution >= 4 is 5.91 Å². The van der Waals surface area contributed by atoms with Crippen molar-refractivity contribution in [2.45, 2.75) is 63.1 Å². The summed E-state index contributed by atoms with van der Waals surface area (Å²) in [5.41, 5.74) is -0.864. The molecule has 1 aliphatic heterocycles. The largest absolute Gasteiger partial charge is 0.379 e. The summed E-state index contributed by atoms with van der Waals surface area (Å²) < 4.78 is 13.8. The van der Waals surface area contributed by atoms with E-state index < -0.39 is 5.60 Å². The third-order valence-electron chi connectivity index (χ3n) is 5.31. The summed E-state index contributed by atoms with van der Waals surface area (Å²) >= 11 is 0. The molecule has 1 aromatic rings. The number of rotatable bonds is 5. The fourth-order valence-electron chi connectivity index (χ4n) is 3.83. The topological polar surface area (TPSA) is 52.6 Å². The lowest BCUT2D eigenvalue weighted by Gasteiger charge is -2.39. The summed E-state index contributed by atoms with van der Waals surface area (Å²) in [6, 6.07) is 6.90. The zero-order valence-electron chi connectivity index (χ0n) is 14.1. The van der Waals surface area contributed by atoms with E-state index >= 15 is 0 Å². The van der Waals surface area contributed by atoms with E-state index in [1.54, 1.807) is 23.1 Å². The molecule has 5 heteroatoms. The Morgan fingerprint density at radius 2 is 1.96 bits per heavy atom. The van der Waals surface area contributed by atoms with E-state index in [0.717, 1.165) is 19.3 Å². The number of carbonyl (C=O) groups is 1. The van der Waals surface area contributed by atoms with Crippen LogP contribution in [0.2, 0.25) is 0 Å². The first kappa shape index (κ1) is 17.4. The van der Waals surface area contributed by atoms with E-state index in [1.807, 2.05) is 0 Å². The highest BCUT2D eigenvalue weighted by atomic mass is 19.1. The van der Waals surface area contributed by atoms with Gasteiger partial charge in [0.25, 0.3) is 5.91 Å². The maximum Gasteiger partial charge on any atom is 0.256 e. The second kappa shape index (κ2) is 7.62. The molecule has 0 unspecified atom stereocenters. The van der Waals surface area contributed by atoms with Crippen molar-refractivity contribution in [3.05, 3.63) is 35.6 Å². The number of amides is 1. The number of halogens is 1. The van der Waals surface area contributed by atoms with Crippen molar-refractivity contribution in [2.75, 3.05) is 13.1 Å². The second-order valence-corrected chi connectivity index (χ2v) is 7.17. The minimum atomic E-state index is -1.36. The molecule has 0 spiro atoms. The Kier molecular flexibility index (Phi) is 5.51. The number of aliphatic hydroxyl groups is 1. The molecule has 0 aromatic heterocycles. The van der Waals surface area contributed by atoms with Crippen molar-refractivity contribution in [1.29, 1.82) is 0 Å². The van der Waals surface area contributed by atoms with Gasteiger partial charge in [0.15, 0.2) is 5.60 Å². The van der Waals surface area contributed by atoms with Gasteiger partial charge < -0.3 is 15.3 Å². The van der Waals surface area contributed by atoms with Gasteiger partial charge >= 0.3 is 0 Å². The van der Waals surface area contributed by atoms with Gasteiger partial charge in [-0.05, 0) is 31.7 Å². The lowest BCUT2D eigenvalue weighted by Crippen LogP contribution is -2.58. The van der Waals surface area contributed by atoms with E-state index in [4.69, 9.17) is 0 Å². The van der Waals surface area contributed by atoms with Gasteiger partial charge in [-0.15, -0.1) is 0 Å². The number of likely N-dealkylation sites (tertiary alicyclic amines) is 1. The van der Waals surface area contributed by atoms with Gasteiger partial charge in [0.1, 0.15) is 5.82 Å². The molecule has 3 rings (SSSR count). The summed E-state index contributed by atoms with van der Waals surface area (Å²) in [5.74, 6) is -0.583. The van der Waals surface area contributed by atoms with Crippen molar-refractivity contribution < 1.29 is 14.3 Å². The molecule has 1 saturated carbocycles. The molecule has 1 aromatic carbocycles. The van der Waals surface area contributed by atoms with Gasteiger partial charge in [-0.25, -0.2) is 4.39 Å². The van der Waals surface area contributed by atoms with Crippen LogP contribution in [0.15, 0.2) is 24.3 Å². The average molecular weight is 334 g/mol. The Bertz CT molecular complexity index is 574. The maximum atomic E-state index is 13.8. The third-order valence-corrected chi connectivity index (χ3v) is 5.31. The number of nitrogens with one attached hydrogen (secondary N) is 1. The van der Waals surface area contributed by atoms with Crippen LogP contribution in [0, 0.1) is 5.82 Å². The van der Waals surface area contributed by atoms with Crippen molar-refractivity contribution in [3.8, 4) is 0 Å². The van der Waals surface area contributed by atoms with Crippen LogP contribution in [0.5, 0.6) is 0 Å². The summed E-state index contributed by atoms with van der Waals surface area (Å²) in [6.07, 6.45) is 7.14. The highest BCUT2D eigenvalue weighted by Crippen LogP contribution is 2.25. The average Bonchev–Trinajstić information content (AvgIpc) is 2.60. The molecule has 132 valence electrons. The van der Waals surface area contributed by atoms with Crippen LogP contribution in [0.1, 0.15) is 50.5 Å². The van der Waals surface area contributed by atoms with Gasteiger partial charge in [0, 0.05) is 31.2 Å². The summed E-state index contributed by atoms with van der Waals surface area (Å²) in [6.45, 7) is 1.08. The SMILES string of the molecule is O=C1N(Cc2ccccc2F)CCC[C@@]1(O)CNC1CCCCC1. The lowest BCUT2D eigenvalue weighted by atomic mass is 9.89. The predicted molar refractivity (Wildman–Crippen MR) is 90.9 cm³/mol. The Morgan fingerprint density at radius 3 is 2.71 bits per heavy atom. The van der Waals surface area contributed by atoms with Gasteiger partial charge in [0.05, 0.1) is 0 Å². The lowest BCUT2D eigenvalue weighted by molar-refractivity contribution is -0.157. The quantitative estimate of drug-likeness (QED) is 0.870. The van der Waals surface area contributed by atoms with Crippen LogP contribution < -0.4 is 5.32 Å². The Hall–Kier alpha value is -1.46. The highest BCUT2D eigenvalue weighted by Gasteiger charge is 2.42. The molecule has 2 aliphatic rings. The van der Waals surface area contributed by atoms with E-state index in [9.17, 15) is 14.3 Å². The first-order valence-electron chi connectivity index (χ1n) is 9.07. The van der Waals surface area contributed by atoms with Crippen LogP contribution in [0.4, 0.5) is 4.39 Å². The molecular formula is C19H27FN2O2. The van der Waals surface area contributed by atoms with Gasteiger partial charge in [-0.2, -0.15) is 0 Å². The molecule has 1 heterocycles. The molecule has 0 radical (unpaired) electrons. The normalized spacial score (nSPS) is 25.9. The molecule has 0 bridgehead atoms. The predicted octanol–water partition coefficient (Wildman–Crippen LogP) is 2.60. The maximum absolute atomic E-state index is 13.8. The Labute approximate surface area is 143 Å². The van der Waals surface area contributed by atoms with E-state index in [2.05, 4.69) is 5.32 Å². The zero-order valence-corrected chi connectivity index (χ0v) is 14.1. The van der Waals surface area contributed by atoms with E-state index in [0.29, 0.717) is 31.1 Å². The molecule has 1 atom stereocenters. The Balaban J connectivity index is 1.61. The fraction of sp³-hybridized carbons (Fsp3) is 0.632. The molecule has 1 aliphatic carbocycles.